The van der Waals surface area contributed by atoms with Crippen LogP contribution >= 0.6 is 11.3 Å². The highest BCUT2D eigenvalue weighted by molar-refractivity contribution is 7.09. The van der Waals surface area contributed by atoms with Crippen LogP contribution in [0.5, 0.6) is 0 Å². The zero-order valence-electron chi connectivity index (χ0n) is 11.6. The van der Waals surface area contributed by atoms with Crippen LogP contribution in [0.3, 0.4) is 0 Å². The monoisotopic (exact) mass is 297 g/mol. The van der Waals surface area contributed by atoms with Crippen molar-refractivity contribution in [1.29, 1.82) is 0 Å². The number of nitrogens with one attached hydrogen (secondary N) is 1. The Kier molecular flexibility index (Phi) is 4.59. The van der Waals surface area contributed by atoms with Crippen LogP contribution in [0.25, 0.3) is 0 Å². The molecule has 0 radical (unpaired) electrons. The van der Waals surface area contributed by atoms with Gasteiger partial charge in [-0.15, -0.1) is 11.3 Å². The maximum absolute atomic E-state index is 11.9. The summed E-state index contributed by atoms with van der Waals surface area (Å²) in [6.45, 7) is 5.33. The van der Waals surface area contributed by atoms with E-state index in [4.69, 9.17) is 5.11 Å². The van der Waals surface area contributed by atoms with Crippen molar-refractivity contribution in [2.45, 2.75) is 32.7 Å². The van der Waals surface area contributed by atoms with E-state index in [0.29, 0.717) is 25.4 Å². The van der Waals surface area contributed by atoms with Crippen molar-refractivity contribution in [3.05, 3.63) is 16.1 Å². The fourth-order valence-electron chi connectivity index (χ4n) is 2.08. The van der Waals surface area contributed by atoms with Crippen LogP contribution in [0.1, 0.15) is 36.9 Å². The highest BCUT2D eigenvalue weighted by Gasteiger charge is 2.30. The van der Waals surface area contributed by atoms with Crippen molar-refractivity contribution in [1.82, 2.24) is 15.2 Å². The molecule has 1 saturated heterocycles. The number of aromatic nitrogens is 1. The summed E-state index contributed by atoms with van der Waals surface area (Å²) in [5, 5.41) is 14.6. The normalized spacial score (nSPS) is 18.6. The van der Waals surface area contributed by atoms with Gasteiger partial charge in [0.2, 0.25) is 0 Å². The molecule has 0 aromatic carbocycles. The lowest BCUT2D eigenvalue weighted by Crippen LogP contribution is -2.38. The Morgan fingerprint density at radius 1 is 1.60 bits per heavy atom. The molecule has 1 aromatic heterocycles. The topological polar surface area (TPSA) is 82.5 Å². The lowest BCUT2D eigenvalue weighted by atomic mass is 10.1. The third kappa shape index (κ3) is 3.47. The van der Waals surface area contributed by atoms with Gasteiger partial charge in [-0.2, -0.15) is 0 Å². The fraction of sp³-hybridized carbons (Fsp3) is 0.615. The molecule has 0 bridgehead atoms. The summed E-state index contributed by atoms with van der Waals surface area (Å²) >= 11 is 1.53. The molecule has 0 saturated carbocycles. The van der Waals surface area contributed by atoms with Crippen molar-refractivity contribution in [3.63, 3.8) is 0 Å². The molecule has 1 aliphatic heterocycles. The zero-order chi connectivity index (χ0) is 14.7. The van der Waals surface area contributed by atoms with Crippen molar-refractivity contribution < 1.29 is 14.7 Å². The average Bonchev–Trinajstić information content (AvgIpc) is 3.05. The molecule has 20 heavy (non-hydrogen) atoms. The van der Waals surface area contributed by atoms with Gasteiger partial charge in [-0.25, -0.2) is 9.78 Å². The Morgan fingerprint density at radius 3 is 2.90 bits per heavy atom. The van der Waals surface area contributed by atoms with Gasteiger partial charge < -0.3 is 15.3 Å². The quantitative estimate of drug-likeness (QED) is 0.889. The second-order valence-corrected chi connectivity index (χ2v) is 6.19. The van der Waals surface area contributed by atoms with Crippen LogP contribution in [0.2, 0.25) is 0 Å². The van der Waals surface area contributed by atoms with E-state index in [0.717, 1.165) is 10.7 Å². The van der Waals surface area contributed by atoms with Crippen molar-refractivity contribution in [2.24, 2.45) is 5.92 Å². The number of rotatable bonds is 4. The first-order chi connectivity index (χ1) is 9.47. The maximum Gasteiger partial charge on any atom is 0.317 e. The molecule has 1 atom stereocenters. The first kappa shape index (κ1) is 14.8. The van der Waals surface area contributed by atoms with Crippen LogP contribution in [0, 0.1) is 5.92 Å². The third-order valence-corrected chi connectivity index (χ3v) is 4.24. The van der Waals surface area contributed by atoms with E-state index >= 15 is 0 Å². The Morgan fingerprint density at radius 2 is 2.35 bits per heavy atom. The molecule has 1 aliphatic rings. The average molecular weight is 297 g/mol. The molecule has 2 amide bonds. The van der Waals surface area contributed by atoms with Gasteiger partial charge in [-0.3, -0.25) is 4.79 Å². The van der Waals surface area contributed by atoms with Crippen LogP contribution in [0.4, 0.5) is 4.79 Å². The number of amides is 2. The van der Waals surface area contributed by atoms with E-state index in [1.165, 1.54) is 11.3 Å². The summed E-state index contributed by atoms with van der Waals surface area (Å²) in [6, 6.07) is -0.213. The third-order valence-electron chi connectivity index (χ3n) is 3.38. The minimum Gasteiger partial charge on any atom is -0.481 e. The predicted molar refractivity (Wildman–Crippen MR) is 75.8 cm³/mol. The molecule has 1 fully saturated rings. The summed E-state index contributed by atoms with van der Waals surface area (Å²) in [4.78, 5) is 28.8. The van der Waals surface area contributed by atoms with E-state index in [-0.39, 0.29) is 12.6 Å². The van der Waals surface area contributed by atoms with E-state index in [1.807, 2.05) is 5.38 Å². The van der Waals surface area contributed by atoms with Crippen LogP contribution in [0.15, 0.2) is 5.38 Å². The number of carboxylic acid groups (broad SMARTS) is 1. The van der Waals surface area contributed by atoms with Gasteiger partial charge in [0.05, 0.1) is 18.2 Å². The summed E-state index contributed by atoms with van der Waals surface area (Å²) in [6.07, 6.45) is 0.525. The minimum absolute atomic E-state index is 0.213. The number of nitrogens with zero attached hydrogens (tertiary/aromatic N) is 2. The van der Waals surface area contributed by atoms with Crippen LogP contribution < -0.4 is 5.32 Å². The summed E-state index contributed by atoms with van der Waals surface area (Å²) in [7, 11) is 0. The van der Waals surface area contributed by atoms with Gasteiger partial charge in [0.15, 0.2) is 0 Å². The van der Waals surface area contributed by atoms with Crippen molar-refractivity contribution in [2.75, 3.05) is 13.1 Å². The number of likely N-dealkylation sites (tertiary alicyclic amines) is 1. The molecule has 110 valence electrons. The van der Waals surface area contributed by atoms with Gasteiger partial charge in [-0.05, 0) is 12.3 Å². The lowest BCUT2D eigenvalue weighted by molar-refractivity contribution is -0.141. The second-order valence-electron chi connectivity index (χ2n) is 5.25. The first-order valence-corrected chi connectivity index (χ1v) is 7.55. The number of aliphatic carboxylic acids is 1. The summed E-state index contributed by atoms with van der Waals surface area (Å²) in [5.41, 5.74) is 1.03. The molecule has 7 heteroatoms. The minimum atomic E-state index is -0.832. The summed E-state index contributed by atoms with van der Waals surface area (Å²) < 4.78 is 0. The Labute approximate surface area is 121 Å². The first-order valence-electron chi connectivity index (χ1n) is 6.67. The summed E-state index contributed by atoms with van der Waals surface area (Å²) in [5.74, 6) is -0.888. The molecule has 0 spiro atoms. The number of hydrogen-bond acceptors (Lipinski definition) is 4. The van der Waals surface area contributed by atoms with E-state index in [1.54, 1.807) is 4.90 Å². The molecular weight excluding hydrogens is 278 g/mol. The van der Waals surface area contributed by atoms with Gasteiger partial charge in [0, 0.05) is 18.5 Å². The molecule has 0 aliphatic carbocycles. The van der Waals surface area contributed by atoms with Gasteiger partial charge >= 0.3 is 12.0 Å². The van der Waals surface area contributed by atoms with Gasteiger partial charge in [0.25, 0.3) is 0 Å². The molecular formula is C13H19N3O3S. The Balaban J connectivity index is 1.82. The molecule has 6 nitrogen and oxygen atoms in total. The standard InChI is InChI=1S/C13H19N3O3S/c1-8(2)10-7-20-11(15-10)5-14-13(19)16-4-3-9(6-16)12(17)18/h7-9H,3-6H2,1-2H3,(H,14,19)(H,17,18). The Hall–Kier alpha value is -1.63. The molecule has 2 heterocycles. The number of hydrogen-bond donors (Lipinski definition) is 2. The second kappa shape index (κ2) is 6.21. The molecule has 1 aromatic rings. The highest BCUT2D eigenvalue weighted by atomic mass is 32.1. The molecule has 2 rings (SSSR count). The van der Waals surface area contributed by atoms with Crippen molar-refractivity contribution in [3.8, 4) is 0 Å². The Bertz CT molecular complexity index is 501. The smallest absolute Gasteiger partial charge is 0.317 e. The van der Waals surface area contributed by atoms with E-state index < -0.39 is 11.9 Å². The van der Waals surface area contributed by atoms with E-state index in [9.17, 15) is 9.59 Å². The fourth-order valence-corrected chi connectivity index (χ4v) is 2.98. The SMILES string of the molecule is CC(C)c1csc(CNC(=O)N2CCC(C(=O)O)C2)n1. The molecule has 2 N–H and O–H groups in total. The number of carbonyl (C=O) groups excluding carboxylic acids is 1. The number of carboxylic acids is 1. The molecule has 1 unspecified atom stereocenters. The maximum atomic E-state index is 11.9. The number of carbonyl (C=O) groups is 2. The lowest BCUT2D eigenvalue weighted by Gasteiger charge is -2.16. The highest BCUT2D eigenvalue weighted by Crippen LogP contribution is 2.18. The van der Waals surface area contributed by atoms with Crippen LogP contribution in [-0.4, -0.2) is 40.1 Å². The number of urea groups is 1. The van der Waals surface area contributed by atoms with Gasteiger partial charge in [0.1, 0.15) is 5.01 Å². The zero-order valence-corrected chi connectivity index (χ0v) is 12.4. The van der Waals surface area contributed by atoms with Crippen molar-refractivity contribution >= 4 is 23.3 Å². The van der Waals surface area contributed by atoms with Crippen LogP contribution in [-0.2, 0) is 11.3 Å². The number of thiazole rings is 1. The largest absolute Gasteiger partial charge is 0.481 e. The van der Waals surface area contributed by atoms with E-state index in [2.05, 4.69) is 24.1 Å². The van der Waals surface area contributed by atoms with Gasteiger partial charge in [-0.1, -0.05) is 13.8 Å². The predicted octanol–water partition coefficient (Wildman–Crippen LogP) is 1.88.